The lowest BCUT2D eigenvalue weighted by Gasteiger charge is -2.09. The second-order valence-corrected chi connectivity index (χ2v) is 6.33. The summed E-state index contributed by atoms with van der Waals surface area (Å²) in [5.74, 6) is -1.03. The fraction of sp³-hybridized carbons (Fsp3) is 0.500. The van der Waals surface area contributed by atoms with Crippen LogP contribution in [0.5, 0.6) is 0 Å². The third-order valence-corrected chi connectivity index (χ3v) is 4.03. The molecular weight excluding hydrogens is 395 g/mol. The number of carboxylic acid groups (broad SMARTS) is 1. The number of hydrogen-bond donors (Lipinski definition) is 3. The highest BCUT2D eigenvalue weighted by Gasteiger charge is 2.12. The topological polar surface area (TPSA) is 92.4 Å². The highest BCUT2D eigenvalue weighted by atomic mass is 127. The highest BCUT2D eigenvalue weighted by Crippen LogP contribution is 2.13. The number of carbonyl (C=O) groups is 2. The maximum Gasteiger partial charge on any atom is 0.320 e. The molecule has 1 unspecified atom stereocenters. The van der Waals surface area contributed by atoms with Crippen LogP contribution in [0.3, 0.4) is 0 Å². The molecule has 1 rings (SSSR count). The zero-order valence-electron chi connectivity index (χ0n) is 12.6. The third-order valence-electron chi connectivity index (χ3n) is 3.27. The van der Waals surface area contributed by atoms with E-state index in [4.69, 9.17) is 10.8 Å². The van der Waals surface area contributed by atoms with Crippen LogP contribution in [0.15, 0.2) is 24.3 Å². The van der Waals surface area contributed by atoms with E-state index in [9.17, 15) is 9.59 Å². The zero-order valence-corrected chi connectivity index (χ0v) is 14.7. The van der Waals surface area contributed by atoms with Crippen LogP contribution >= 0.6 is 22.6 Å². The first-order valence-electron chi connectivity index (χ1n) is 7.46. The molecule has 0 fully saturated rings. The predicted molar refractivity (Wildman–Crippen MR) is 96.4 cm³/mol. The van der Waals surface area contributed by atoms with E-state index in [1.165, 1.54) is 12.8 Å². The third kappa shape index (κ3) is 7.74. The van der Waals surface area contributed by atoms with Gasteiger partial charge in [-0.05, 0) is 41.4 Å². The summed E-state index contributed by atoms with van der Waals surface area (Å²) in [5, 5.41) is 11.7. The van der Waals surface area contributed by atoms with Crippen molar-refractivity contribution in [3.63, 3.8) is 0 Å². The molecule has 4 N–H and O–H groups in total. The number of halogens is 1. The van der Waals surface area contributed by atoms with Crippen molar-refractivity contribution in [2.24, 2.45) is 5.73 Å². The lowest BCUT2D eigenvalue weighted by Crippen LogP contribution is -2.32. The van der Waals surface area contributed by atoms with Gasteiger partial charge in [-0.1, -0.05) is 47.6 Å². The number of unbranched alkanes of at least 4 members (excludes halogenated alkanes) is 3. The number of anilines is 1. The minimum Gasteiger partial charge on any atom is -0.480 e. The summed E-state index contributed by atoms with van der Waals surface area (Å²) in [6.07, 6.45) is 5.10. The maximum atomic E-state index is 11.9. The summed E-state index contributed by atoms with van der Waals surface area (Å²) in [4.78, 5) is 22.6. The van der Waals surface area contributed by atoms with Gasteiger partial charge in [-0.25, -0.2) is 0 Å². The molecular formula is C16H23IN2O3. The van der Waals surface area contributed by atoms with Crippen LogP contribution in [-0.4, -0.2) is 27.5 Å². The molecule has 0 aliphatic rings. The van der Waals surface area contributed by atoms with Crippen molar-refractivity contribution >= 4 is 40.2 Å². The highest BCUT2D eigenvalue weighted by molar-refractivity contribution is 14.1. The van der Waals surface area contributed by atoms with Crippen molar-refractivity contribution in [2.45, 2.75) is 44.6 Å². The zero-order chi connectivity index (χ0) is 16.4. The van der Waals surface area contributed by atoms with Gasteiger partial charge in [0.15, 0.2) is 0 Å². The number of aliphatic carboxylic acids is 1. The number of benzene rings is 1. The van der Waals surface area contributed by atoms with E-state index in [0.717, 1.165) is 22.8 Å². The number of carboxylic acids is 1. The van der Waals surface area contributed by atoms with Crippen molar-refractivity contribution in [3.8, 4) is 0 Å². The molecule has 1 atom stereocenters. The van der Waals surface area contributed by atoms with E-state index in [1.54, 1.807) is 18.2 Å². The maximum absolute atomic E-state index is 11.9. The largest absolute Gasteiger partial charge is 0.480 e. The molecule has 1 amide bonds. The minimum absolute atomic E-state index is 0.00541. The number of rotatable bonds is 10. The van der Waals surface area contributed by atoms with Crippen LogP contribution in [0.2, 0.25) is 0 Å². The number of hydrogen-bond acceptors (Lipinski definition) is 3. The van der Waals surface area contributed by atoms with Crippen LogP contribution in [0.1, 0.15) is 37.7 Å². The van der Waals surface area contributed by atoms with E-state index in [1.807, 2.05) is 6.07 Å². The van der Waals surface area contributed by atoms with Crippen molar-refractivity contribution in [3.05, 3.63) is 29.8 Å². The average molecular weight is 418 g/mol. The predicted octanol–water partition coefficient (Wildman–Crippen LogP) is 2.97. The van der Waals surface area contributed by atoms with Gasteiger partial charge in [0.1, 0.15) is 6.04 Å². The van der Waals surface area contributed by atoms with Gasteiger partial charge in [-0.2, -0.15) is 0 Å². The Kier molecular flexibility index (Phi) is 9.07. The molecule has 6 heteroatoms. The van der Waals surface area contributed by atoms with E-state index in [-0.39, 0.29) is 12.3 Å². The van der Waals surface area contributed by atoms with Crippen molar-refractivity contribution in [2.75, 3.05) is 9.74 Å². The summed E-state index contributed by atoms with van der Waals surface area (Å²) >= 11 is 2.36. The molecule has 1 aromatic rings. The fourth-order valence-corrected chi connectivity index (χ4v) is 2.61. The first kappa shape index (κ1) is 18.9. The number of carbonyl (C=O) groups excluding carboxylic acids is 1. The van der Waals surface area contributed by atoms with E-state index >= 15 is 0 Å². The molecule has 0 bridgehead atoms. The number of alkyl halides is 1. The lowest BCUT2D eigenvalue weighted by molar-refractivity contribution is -0.138. The van der Waals surface area contributed by atoms with Crippen LogP contribution in [0, 0.1) is 0 Å². The van der Waals surface area contributed by atoms with Crippen LogP contribution in [0.4, 0.5) is 5.69 Å². The SMILES string of the molecule is NC(Cc1cccc(NC(=O)CCCCCCI)c1)C(=O)O. The number of nitrogens with two attached hydrogens (primary N) is 1. The Hall–Kier alpha value is -1.15. The molecule has 0 aliphatic carbocycles. The van der Waals surface area contributed by atoms with Gasteiger partial charge in [0.05, 0.1) is 0 Å². The Morgan fingerprint density at radius 3 is 2.64 bits per heavy atom. The molecule has 1 aromatic carbocycles. The Morgan fingerprint density at radius 1 is 1.23 bits per heavy atom. The molecule has 0 saturated carbocycles. The van der Waals surface area contributed by atoms with Gasteiger partial charge < -0.3 is 16.2 Å². The Morgan fingerprint density at radius 2 is 1.95 bits per heavy atom. The van der Waals surface area contributed by atoms with E-state index in [2.05, 4.69) is 27.9 Å². The smallest absolute Gasteiger partial charge is 0.320 e. The number of amides is 1. The van der Waals surface area contributed by atoms with Gasteiger partial charge in [-0.3, -0.25) is 9.59 Å². The first-order chi connectivity index (χ1) is 10.5. The molecule has 0 heterocycles. The molecule has 0 saturated heterocycles. The van der Waals surface area contributed by atoms with Gasteiger partial charge >= 0.3 is 5.97 Å². The quantitative estimate of drug-likeness (QED) is 0.310. The lowest BCUT2D eigenvalue weighted by atomic mass is 10.1. The van der Waals surface area contributed by atoms with Gasteiger partial charge in [0.2, 0.25) is 5.91 Å². The van der Waals surface area contributed by atoms with E-state index < -0.39 is 12.0 Å². The average Bonchev–Trinajstić information content (AvgIpc) is 2.47. The molecule has 0 aliphatic heterocycles. The second-order valence-electron chi connectivity index (χ2n) is 5.25. The second kappa shape index (κ2) is 10.6. The van der Waals surface area contributed by atoms with Crippen molar-refractivity contribution in [1.82, 2.24) is 0 Å². The normalized spacial score (nSPS) is 11.9. The molecule has 0 radical (unpaired) electrons. The Labute approximate surface area is 144 Å². The summed E-state index contributed by atoms with van der Waals surface area (Å²) in [6, 6.07) is 6.24. The van der Waals surface area contributed by atoms with Crippen LogP contribution < -0.4 is 11.1 Å². The van der Waals surface area contributed by atoms with Crippen molar-refractivity contribution in [1.29, 1.82) is 0 Å². The molecule has 0 aromatic heterocycles. The molecule has 122 valence electrons. The summed E-state index contributed by atoms with van der Waals surface area (Å²) < 4.78 is 1.16. The Balaban J connectivity index is 2.42. The van der Waals surface area contributed by atoms with Crippen molar-refractivity contribution < 1.29 is 14.7 Å². The van der Waals surface area contributed by atoms with Gasteiger partial charge in [-0.15, -0.1) is 0 Å². The van der Waals surface area contributed by atoms with Gasteiger partial charge in [0.25, 0.3) is 0 Å². The minimum atomic E-state index is -1.03. The molecule has 5 nitrogen and oxygen atoms in total. The Bertz CT molecular complexity index is 494. The summed E-state index contributed by atoms with van der Waals surface area (Å²) in [6.45, 7) is 0. The van der Waals surface area contributed by atoms with Gasteiger partial charge in [0, 0.05) is 12.1 Å². The van der Waals surface area contributed by atoms with E-state index in [0.29, 0.717) is 12.1 Å². The van der Waals surface area contributed by atoms with Crippen LogP contribution in [-0.2, 0) is 16.0 Å². The summed E-state index contributed by atoms with van der Waals surface area (Å²) in [5.41, 5.74) is 7.01. The fourth-order valence-electron chi connectivity index (χ4n) is 2.07. The molecule has 0 spiro atoms. The first-order valence-corrected chi connectivity index (χ1v) is 8.98. The monoisotopic (exact) mass is 418 g/mol. The number of nitrogens with one attached hydrogen (secondary N) is 1. The molecule has 22 heavy (non-hydrogen) atoms. The standard InChI is InChI=1S/C16H23IN2O3/c17-9-4-2-1-3-8-15(20)19-13-7-5-6-12(10-13)11-14(18)16(21)22/h5-7,10,14H,1-4,8-9,11,18H2,(H,19,20)(H,21,22). The van der Waals surface area contributed by atoms with Crippen LogP contribution in [0.25, 0.3) is 0 Å². The summed E-state index contributed by atoms with van der Waals surface area (Å²) in [7, 11) is 0.